The van der Waals surface area contributed by atoms with Crippen LogP contribution in [0.5, 0.6) is 0 Å². The first-order chi connectivity index (χ1) is 8.42. The molecule has 0 saturated heterocycles. The van der Waals surface area contributed by atoms with Crippen LogP contribution in [0.15, 0.2) is 41.3 Å². The van der Waals surface area contributed by atoms with Crippen LogP contribution in [0.4, 0.5) is 0 Å². The predicted molar refractivity (Wildman–Crippen MR) is 65.6 cm³/mol. The molecule has 3 heteroatoms. The van der Waals surface area contributed by atoms with Crippen LogP contribution in [0.1, 0.15) is 23.3 Å². The van der Waals surface area contributed by atoms with Gasteiger partial charge in [0, 0.05) is 6.04 Å². The predicted octanol–water partition coefficient (Wildman–Crippen LogP) is 2.32. The van der Waals surface area contributed by atoms with Gasteiger partial charge < -0.3 is 9.73 Å². The average molecular weight is 228 g/mol. The van der Waals surface area contributed by atoms with Gasteiger partial charge in [-0.3, -0.25) is 0 Å². The Balaban J connectivity index is 1.61. The summed E-state index contributed by atoms with van der Waals surface area (Å²) >= 11 is 0. The van der Waals surface area contributed by atoms with Gasteiger partial charge in [-0.2, -0.15) is 0 Å². The third kappa shape index (κ3) is 2.39. The molecule has 1 heterocycles. The molecule has 17 heavy (non-hydrogen) atoms. The molecule has 0 spiro atoms. The highest BCUT2D eigenvalue weighted by Gasteiger charge is 2.17. The van der Waals surface area contributed by atoms with Crippen LogP contribution in [-0.2, 0) is 19.4 Å². The maximum Gasteiger partial charge on any atom is 0.180 e. The SMILES string of the molecule is c1ccc2c(c1)CCC(NCc1cnco1)C2. The minimum absolute atomic E-state index is 0.551. The summed E-state index contributed by atoms with van der Waals surface area (Å²) in [6, 6.07) is 9.27. The molecule has 1 unspecified atom stereocenters. The van der Waals surface area contributed by atoms with Gasteiger partial charge in [0.15, 0.2) is 6.39 Å². The summed E-state index contributed by atoms with van der Waals surface area (Å²) in [6.45, 7) is 0.771. The highest BCUT2D eigenvalue weighted by molar-refractivity contribution is 5.30. The third-order valence-electron chi connectivity index (χ3n) is 3.40. The lowest BCUT2D eigenvalue weighted by molar-refractivity contribution is 0.415. The maximum atomic E-state index is 5.22. The third-order valence-corrected chi connectivity index (χ3v) is 3.40. The zero-order valence-corrected chi connectivity index (χ0v) is 9.73. The Labute approximate surface area is 101 Å². The highest BCUT2D eigenvalue weighted by atomic mass is 16.3. The second kappa shape index (κ2) is 4.72. The van der Waals surface area contributed by atoms with E-state index in [1.165, 1.54) is 30.4 Å². The lowest BCUT2D eigenvalue weighted by Crippen LogP contribution is -2.33. The van der Waals surface area contributed by atoms with Crippen molar-refractivity contribution in [1.29, 1.82) is 0 Å². The standard InChI is InChI=1S/C14H16N2O/c1-2-4-12-7-13(6-5-11(12)3-1)16-9-14-8-15-10-17-14/h1-4,8,10,13,16H,5-7,9H2. The van der Waals surface area contributed by atoms with E-state index < -0.39 is 0 Å². The van der Waals surface area contributed by atoms with E-state index in [-0.39, 0.29) is 0 Å². The summed E-state index contributed by atoms with van der Waals surface area (Å²) in [7, 11) is 0. The van der Waals surface area contributed by atoms with Crippen molar-refractivity contribution in [2.45, 2.75) is 31.8 Å². The van der Waals surface area contributed by atoms with E-state index in [4.69, 9.17) is 4.42 Å². The molecule has 3 nitrogen and oxygen atoms in total. The Morgan fingerprint density at radius 2 is 2.18 bits per heavy atom. The molecule has 1 aromatic heterocycles. The van der Waals surface area contributed by atoms with Crippen LogP contribution >= 0.6 is 0 Å². The molecule has 1 aliphatic carbocycles. The molecule has 1 N–H and O–H groups in total. The van der Waals surface area contributed by atoms with Crippen LogP contribution in [0, 0.1) is 0 Å². The van der Waals surface area contributed by atoms with Crippen molar-refractivity contribution in [2.24, 2.45) is 0 Å². The number of hydrogen-bond donors (Lipinski definition) is 1. The molecule has 0 amide bonds. The Hall–Kier alpha value is -1.61. The molecule has 3 rings (SSSR count). The minimum atomic E-state index is 0.551. The van der Waals surface area contributed by atoms with Gasteiger partial charge in [0.25, 0.3) is 0 Å². The minimum Gasteiger partial charge on any atom is -0.447 e. The quantitative estimate of drug-likeness (QED) is 0.876. The number of nitrogens with zero attached hydrogens (tertiary/aromatic N) is 1. The summed E-state index contributed by atoms with van der Waals surface area (Å²) in [6.07, 6.45) is 6.73. The zero-order chi connectivity index (χ0) is 11.5. The van der Waals surface area contributed by atoms with Gasteiger partial charge in [0.1, 0.15) is 5.76 Å². The second-order valence-electron chi connectivity index (χ2n) is 4.56. The van der Waals surface area contributed by atoms with E-state index >= 15 is 0 Å². The van der Waals surface area contributed by atoms with Crippen LogP contribution in [0.25, 0.3) is 0 Å². The normalized spacial score (nSPS) is 18.9. The van der Waals surface area contributed by atoms with Gasteiger partial charge in [0.05, 0.1) is 12.7 Å². The molecule has 0 bridgehead atoms. The number of rotatable bonds is 3. The molecule has 88 valence electrons. The Kier molecular flexibility index (Phi) is 2.92. The van der Waals surface area contributed by atoms with Crippen molar-refractivity contribution >= 4 is 0 Å². The molecule has 1 aliphatic rings. The molecule has 0 fully saturated rings. The first-order valence-corrected chi connectivity index (χ1v) is 6.09. The van der Waals surface area contributed by atoms with Gasteiger partial charge in [-0.15, -0.1) is 0 Å². The molecule has 1 aromatic carbocycles. The van der Waals surface area contributed by atoms with Gasteiger partial charge in [-0.1, -0.05) is 24.3 Å². The number of oxazole rings is 1. The number of fused-ring (bicyclic) bond motifs is 1. The maximum absolute atomic E-state index is 5.22. The number of nitrogens with one attached hydrogen (secondary N) is 1. The lowest BCUT2D eigenvalue weighted by Gasteiger charge is -2.25. The molecule has 1 atom stereocenters. The second-order valence-corrected chi connectivity index (χ2v) is 4.56. The lowest BCUT2D eigenvalue weighted by atomic mass is 9.88. The van der Waals surface area contributed by atoms with Crippen LogP contribution in [-0.4, -0.2) is 11.0 Å². The number of hydrogen-bond acceptors (Lipinski definition) is 3. The van der Waals surface area contributed by atoms with Crippen molar-refractivity contribution in [3.8, 4) is 0 Å². The van der Waals surface area contributed by atoms with Crippen molar-refractivity contribution < 1.29 is 4.42 Å². The fourth-order valence-electron chi connectivity index (χ4n) is 2.45. The Morgan fingerprint density at radius 1 is 1.29 bits per heavy atom. The number of aromatic nitrogens is 1. The summed E-state index contributed by atoms with van der Waals surface area (Å²) in [5, 5.41) is 3.53. The fourth-order valence-corrected chi connectivity index (χ4v) is 2.45. The smallest absolute Gasteiger partial charge is 0.180 e. The molecule has 0 aliphatic heterocycles. The van der Waals surface area contributed by atoms with Crippen LogP contribution in [0.2, 0.25) is 0 Å². The number of aryl methyl sites for hydroxylation is 1. The molecule has 2 aromatic rings. The van der Waals surface area contributed by atoms with Gasteiger partial charge in [-0.05, 0) is 30.4 Å². The van der Waals surface area contributed by atoms with E-state index in [0.717, 1.165) is 18.7 Å². The van der Waals surface area contributed by atoms with Crippen molar-refractivity contribution in [1.82, 2.24) is 10.3 Å². The monoisotopic (exact) mass is 228 g/mol. The van der Waals surface area contributed by atoms with Crippen molar-refractivity contribution in [3.05, 3.63) is 53.7 Å². The molecule has 0 radical (unpaired) electrons. The van der Waals surface area contributed by atoms with E-state index in [1.807, 2.05) is 0 Å². The van der Waals surface area contributed by atoms with E-state index in [0.29, 0.717) is 6.04 Å². The Morgan fingerprint density at radius 3 is 3.00 bits per heavy atom. The van der Waals surface area contributed by atoms with E-state index in [1.54, 1.807) is 6.20 Å². The summed E-state index contributed by atoms with van der Waals surface area (Å²) in [5.41, 5.74) is 2.99. The Bertz CT molecular complexity index is 479. The van der Waals surface area contributed by atoms with Gasteiger partial charge in [0.2, 0.25) is 0 Å². The summed E-state index contributed by atoms with van der Waals surface area (Å²) in [5.74, 6) is 0.906. The molecular formula is C14H16N2O. The highest BCUT2D eigenvalue weighted by Crippen LogP contribution is 2.21. The fraction of sp³-hybridized carbons (Fsp3) is 0.357. The first kappa shape index (κ1) is 10.5. The molecule has 0 saturated carbocycles. The van der Waals surface area contributed by atoms with Crippen molar-refractivity contribution in [2.75, 3.05) is 0 Å². The summed E-state index contributed by atoms with van der Waals surface area (Å²) < 4.78 is 5.22. The zero-order valence-electron chi connectivity index (χ0n) is 9.73. The van der Waals surface area contributed by atoms with Crippen LogP contribution < -0.4 is 5.32 Å². The van der Waals surface area contributed by atoms with Crippen molar-refractivity contribution in [3.63, 3.8) is 0 Å². The largest absolute Gasteiger partial charge is 0.447 e. The van der Waals surface area contributed by atoms with Gasteiger partial charge >= 0.3 is 0 Å². The van der Waals surface area contributed by atoms with E-state index in [2.05, 4.69) is 34.6 Å². The number of benzene rings is 1. The topological polar surface area (TPSA) is 38.1 Å². The van der Waals surface area contributed by atoms with Gasteiger partial charge in [-0.25, -0.2) is 4.98 Å². The molecular weight excluding hydrogens is 212 g/mol. The van der Waals surface area contributed by atoms with E-state index in [9.17, 15) is 0 Å². The first-order valence-electron chi connectivity index (χ1n) is 6.09. The summed E-state index contributed by atoms with van der Waals surface area (Å²) in [4.78, 5) is 3.92. The van der Waals surface area contributed by atoms with Crippen LogP contribution in [0.3, 0.4) is 0 Å². The average Bonchev–Trinajstić information content (AvgIpc) is 2.89.